The van der Waals surface area contributed by atoms with E-state index in [-0.39, 0.29) is 6.61 Å². The zero-order valence-corrected chi connectivity index (χ0v) is 10.7. The van der Waals surface area contributed by atoms with Gasteiger partial charge in [-0.15, -0.1) is 0 Å². The van der Waals surface area contributed by atoms with Crippen molar-refractivity contribution in [3.8, 4) is 0 Å². The van der Waals surface area contributed by atoms with E-state index in [9.17, 15) is 5.11 Å². The first-order valence-corrected chi connectivity index (χ1v) is 7.08. The van der Waals surface area contributed by atoms with Gasteiger partial charge in [-0.1, -0.05) is 12.8 Å². The number of nitrogens with one attached hydrogen (secondary N) is 1. The van der Waals surface area contributed by atoms with Gasteiger partial charge in [0, 0.05) is 29.8 Å². The van der Waals surface area contributed by atoms with Crippen LogP contribution in [0.4, 0.5) is 5.82 Å². The first kappa shape index (κ1) is 11.9. The van der Waals surface area contributed by atoms with E-state index in [0.29, 0.717) is 12.0 Å². The summed E-state index contributed by atoms with van der Waals surface area (Å²) in [6.07, 6.45) is 9.80. The number of hydrogen-bond donors (Lipinski definition) is 2. The van der Waals surface area contributed by atoms with Crippen LogP contribution in [0.3, 0.4) is 0 Å². The molecule has 0 spiro atoms. The molecule has 0 bridgehead atoms. The molecule has 3 rings (SSSR count). The average Bonchev–Trinajstić information content (AvgIpc) is 2.89. The Hall–Kier alpha value is -1.16. The monoisotopic (exact) mass is 247 g/mol. The number of rotatable bonds is 3. The largest absolute Gasteiger partial charge is 0.396 e. The smallest absolute Gasteiger partial charge is 0.133 e. The number of anilines is 1. The number of aryl methyl sites for hydroxylation is 1. The van der Waals surface area contributed by atoms with E-state index in [2.05, 4.69) is 15.3 Å². The minimum atomic E-state index is 0.283. The number of nitrogens with zero attached hydrogens (tertiary/aromatic N) is 2. The summed E-state index contributed by atoms with van der Waals surface area (Å²) in [6, 6.07) is 0.378. The topological polar surface area (TPSA) is 58.0 Å². The lowest BCUT2D eigenvalue weighted by molar-refractivity contribution is 0.178. The van der Waals surface area contributed by atoms with E-state index in [1.165, 1.54) is 30.5 Å². The summed E-state index contributed by atoms with van der Waals surface area (Å²) in [4.78, 5) is 8.76. The highest BCUT2D eigenvalue weighted by Crippen LogP contribution is 2.30. The number of aliphatic hydroxyl groups is 1. The van der Waals surface area contributed by atoms with Crippen LogP contribution in [0.2, 0.25) is 0 Å². The van der Waals surface area contributed by atoms with Gasteiger partial charge in [0.25, 0.3) is 0 Å². The quantitative estimate of drug-likeness (QED) is 0.857. The summed E-state index contributed by atoms with van der Waals surface area (Å²) in [6.45, 7) is 0.283. The highest BCUT2D eigenvalue weighted by molar-refractivity contribution is 5.48. The van der Waals surface area contributed by atoms with Crippen LogP contribution in [0.5, 0.6) is 0 Å². The maximum Gasteiger partial charge on any atom is 0.133 e. The van der Waals surface area contributed by atoms with Gasteiger partial charge in [-0.2, -0.15) is 0 Å². The van der Waals surface area contributed by atoms with Gasteiger partial charge in [0.1, 0.15) is 12.1 Å². The van der Waals surface area contributed by atoms with E-state index >= 15 is 0 Å². The van der Waals surface area contributed by atoms with Crippen molar-refractivity contribution in [2.45, 2.75) is 51.0 Å². The molecule has 1 aromatic heterocycles. The molecule has 4 nitrogen and oxygen atoms in total. The highest BCUT2D eigenvalue weighted by atomic mass is 16.3. The Bertz CT molecular complexity index is 422. The Morgan fingerprint density at radius 2 is 2.06 bits per heavy atom. The molecule has 4 heteroatoms. The van der Waals surface area contributed by atoms with Gasteiger partial charge < -0.3 is 10.4 Å². The number of hydrogen-bond acceptors (Lipinski definition) is 4. The molecule has 1 saturated carbocycles. The molecule has 1 fully saturated rings. The second kappa shape index (κ2) is 5.22. The van der Waals surface area contributed by atoms with Crippen LogP contribution in [0.1, 0.15) is 43.4 Å². The molecule has 98 valence electrons. The van der Waals surface area contributed by atoms with Gasteiger partial charge in [-0.3, -0.25) is 0 Å². The highest BCUT2D eigenvalue weighted by Gasteiger charge is 2.26. The Kier molecular flexibility index (Phi) is 3.46. The molecular weight excluding hydrogens is 226 g/mol. The van der Waals surface area contributed by atoms with Gasteiger partial charge in [-0.05, 0) is 32.1 Å². The minimum absolute atomic E-state index is 0.283. The standard InChI is InChI=1S/C14H21N3O/c18-8-10-4-1-2-6-12(10)17-14-11-5-3-7-13(11)15-9-16-14/h9-10,12,18H,1-8H2,(H,15,16,17)/t10-,12+/m0/s1. The van der Waals surface area contributed by atoms with Crippen molar-refractivity contribution < 1.29 is 5.11 Å². The normalized spacial score (nSPS) is 26.9. The number of aliphatic hydroxyl groups excluding tert-OH is 1. The third kappa shape index (κ3) is 2.21. The summed E-state index contributed by atoms with van der Waals surface area (Å²) in [5, 5.41) is 13.0. The van der Waals surface area contributed by atoms with Gasteiger partial charge in [-0.25, -0.2) is 9.97 Å². The molecule has 2 aliphatic rings. The van der Waals surface area contributed by atoms with E-state index in [1.54, 1.807) is 6.33 Å². The zero-order valence-electron chi connectivity index (χ0n) is 10.7. The Balaban J connectivity index is 1.77. The van der Waals surface area contributed by atoms with Crippen molar-refractivity contribution in [3.63, 3.8) is 0 Å². The molecule has 1 aromatic rings. The third-order valence-corrected chi connectivity index (χ3v) is 4.34. The fraction of sp³-hybridized carbons (Fsp3) is 0.714. The van der Waals surface area contributed by atoms with Crippen molar-refractivity contribution in [3.05, 3.63) is 17.6 Å². The van der Waals surface area contributed by atoms with E-state index in [0.717, 1.165) is 31.5 Å². The summed E-state index contributed by atoms with van der Waals surface area (Å²) >= 11 is 0. The Morgan fingerprint density at radius 1 is 1.17 bits per heavy atom. The molecule has 0 saturated heterocycles. The summed E-state index contributed by atoms with van der Waals surface area (Å²) in [7, 11) is 0. The van der Waals surface area contributed by atoms with E-state index in [4.69, 9.17) is 0 Å². The maximum atomic E-state index is 9.46. The predicted octanol–water partition coefficient (Wildman–Crippen LogP) is 1.93. The second-order valence-corrected chi connectivity index (χ2v) is 5.48. The van der Waals surface area contributed by atoms with Crippen LogP contribution in [0.25, 0.3) is 0 Å². The number of aromatic nitrogens is 2. The number of fused-ring (bicyclic) bond motifs is 1. The van der Waals surface area contributed by atoms with Crippen molar-refractivity contribution >= 4 is 5.82 Å². The van der Waals surface area contributed by atoms with E-state index < -0.39 is 0 Å². The van der Waals surface area contributed by atoms with Crippen molar-refractivity contribution in [2.24, 2.45) is 5.92 Å². The van der Waals surface area contributed by atoms with Crippen LogP contribution in [0.15, 0.2) is 6.33 Å². The summed E-state index contributed by atoms with van der Waals surface area (Å²) in [5.41, 5.74) is 2.52. The molecule has 18 heavy (non-hydrogen) atoms. The molecule has 2 N–H and O–H groups in total. The van der Waals surface area contributed by atoms with Crippen molar-refractivity contribution in [1.29, 1.82) is 0 Å². The summed E-state index contributed by atoms with van der Waals surface area (Å²) < 4.78 is 0. The molecule has 0 amide bonds. The molecule has 0 aromatic carbocycles. The average molecular weight is 247 g/mol. The van der Waals surface area contributed by atoms with Crippen LogP contribution in [-0.2, 0) is 12.8 Å². The lowest BCUT2D eigenvalue weighted by Gasteiger charge is -2.31. The van der Waals surface area contributed by atoms with Crippen LogP contribution < -0.4 is 5.32 Å². The van der Waals surface area contributed by atoms with Crippen molar-refractivity contribution in [2.75, 3.05) is 11.9 Å². The summed E-state index contributed by atoms with van der Waals surface area (Å²) in [5.74, 6) is 1.40. The maximum absolute atomic E-state index is 9.46. The second-order valence-electron chi connectivity index (χ2n) is 5.48. The fourth-order valence-corrected chi connectivity index (χ4v) is 3.28. The molecule has 0 aliphatic heterocycles. The molecule has 0 unspecified atom stereocenters. The first-order valence-electron chi connectivity index (χ1n) is 7.08. The SMILES string of the molecule is OC[C@@H]1CCCC[C@H]1Nc1ncnc2c1CCC2. The van der Waals surface area contributed by atoms with Gasteiger partial charge >= 0.3 is 0 Å². The minimum Gasteiger partial charge on any atom is -0.396 e. The molecule has 2 atom stereocenters. The van der Waals surface area contributed by atoms with Crippen LogP contribution in [0, 0.1) is 5.92 Å². The Morgan fingerprint density at radius 3 is 2.94 bits per heavy atom. The van der Waals surface area contributed by atoms with Crippen molar-refractivity contribution in [1.82, 2.24) is 9.97 Å². The zero-order chi connectivity index (χ0) is 12.4. The molecule has 0 radical (unpaired) electrons. The molecular formula is C14H21N3O. The van der Waals surface area contributed by atoms with Gasteiger partial charge in [0.2, 0.25) is 0 Å². The van der Waals surface area contributed by atoms with Crippen LogP contribution in [-0.4, -0.2) is 27.7 Å². The lowest BCUT2D eigenvalue weighted by Crippen LogP contribution is -2.35. The van der Waals surface area contributed by atoms with E-state index in [1.807, 2.05) is 0 Å². The van der Waals surface area contributed by atoms with Gasteiger partial charge in [0.05, 0.1) is 0 Å². The molecule has 1 heterocycles. The first-order chi connectivity index (χ1) is 8.88. The van der Waals surface area contributed by atoms with Gasteiger partial charge in [0.15, 0.2) is 0 Å². The molecule has 2 aliphatic carbocycles. The lowest BCUT2D eigenvalue weighted by atomic mass is 9.85. The fourth-order valence-electron chi connectivity index (χ4n) is 3.28. The predicted molar refractivity (Wildman–Crippen MR) is 70.5 cm³/mol. The third-order valence-electron chi connectivity index (χ3n) is 4.34. The van der Waals surface area contributed by atoms with Crippen LogP contribution >= 0.6 is 0 Å². The Labute approximate surface area is 108 Å².